The number of ether oxygens (including phenoxy) is 2. The van der Waals surface area contributed by atoms with Crippen LogP contribution in [0, 0.1) is 0 Å². The van der Waals surface area contributed by atoms with Gasteiger partial charge in [0.2, 0.25) is 5.41 Å². The van der Waals surface area contributed by atoms with Crippen LogP contribution in [-0.4, -0.2) is 22.6 Å². The predicted molar refractivity (Wildman–Crippen MR) is 122 cm³/mol. The van der Waals surface area contributed by atoms with Gasteiger partial charge in [0.25, 0.3) is 0 Å². The van der Waals surface area contributed by atoms with Gasteiger partial charge in [0.15, 0.2) is 0 Å². The minimum atomic E-state index is -5.75. The van der Waals surface area contributed by atoms with Crippen LogP contribution in [0.4, 0.5) is 26.3 Å². The molecule has 4 rings (SSSR count). The molecule has 0 radical (unpaired) electrons. The van der Waals surface area contributed by atoms with Gasteiger partial charge in [-0.15, -0.1) is 0 Å². The Kier molecular flexibility index (Phi) is 6.68. The van der Waals surface area contributed by atoms with Crippen molar-refractivity contribution in [1.29, 1.82) is 0 Å². The molecule has 2 N–H and O–H groups in total. The Morgan fingerprint density at radius 2 is 0.649 bits per heavy atom. The van der Waals surface area contributed by atoms with Crippen LogP contribution in [0.3, 0.4) is 0 Å². The number of halogens is 6. The van der Waals surface area contributed by atoms with E-state index in [2.05, 4.69) is 0 Å². The highest BCUT2D eigenvalue weighted by Crippen LogP contribution is 2.56. The summed E-state index contributed by atoms with van der Waals surface area (Å²) in [6.45, 7) is 0. The van der Waals surface area contributed by atoms with Crippen LogP contribution in [-0.2, 0) is 5.41 Å². The van der Waals surface area contributed by atoms with E-state index in [-0.39, 0.29) is 34.5 Å². The number of phenolic OH excluding ortho intramolecular Hbond substituents is 2. The van der Waals surface area contributed by atoms with Crippen molar-refractivity contribution in [3.05, 3.63) is 108 Å². The van der Waals surface area contributed by atoms with Crippen molar-refractivity contribution < 1.29 is 46.0 Å². The summed E-state index contributed by atoms with van der Waals surface area (Å²) in [6.07, 6.45) is -11.5. The first kappa shape index (κ1) is 25.7. The van der Waals surface area contributed by atoms with Crippen molar-refractivity contribution in [3.63, 3.8) is 0 Å². The average molecular weight is 520 g/mol. The van der Waals surface area contributed by atoms with Gasteiger partial charge in [0, 0.05) is 0 Å². The molecule has 0 aliphatic rings. The van der Waals surface area contributed by atoms with Gasteiger partial charge in [-0.3, -0.25) is 0 Å². The zero-order chi connectivity index (χ0) is 26.8. The zero-order valence-electron chi connectivity index (χ0n) is 18.7. The third-order valence-corrected chi connectivity index (χ3v) is 5.57. The highest BCUT2D eigenvalue weighted by molar-refractivity contribution is 5.48. The molecule has 10 heteroatoms. The molecule has 4 nitrogen and oxygen atoms in total. The number of hydrogen-bond acceptors (Lipinski definition) is 4. The summed E-state index contributed by atoms with van der Waals surface area (Å²) in [5.74, 6) is 0.389. The third kappa shape index (κ3) is 5.13. The van der Waals surface area contributed by atoms with E-state index < -0.39 is 28.9 Å². The Morgan fingerprint density at radius 3 is 0.892 bits per heavy atom. The molecule has 0 aromatic heterocycles. The summed E-state index contributed by atoms with van der Waals surface area (Å²) in [5.41, 5.74) is -6.41. The monoisotopic (exact) mass is 520 g/mol. The molecule has 37 heavy (non-hydrogen) atoms. The van der Waals surface area contributed by atoms with Crippen LogP contribution < -0.4 is 9.47 Å². The first-order valence-electron chi connectivity index (χ1n) is 10.7. The fourth-order valence-corrected chi connectivity index (χ4v) is 3.83. The molecule has 0 aliphatic heterocycles. The van der Waals surface area contributed by atoms with E-state index in [1.54, 1.807) is 0 Å². The Morgan fingerprint density at radius 1 is 0.405 bits per heavy atom. The highest BCUT2D eigenvalue weighted by atomic mass is 19.4. The standard InChI is InChI=1S/C27H18F6O4/c28-26(29,30)25(27(31,32)33,17-1-9-21(10-2-17)36-23-13-5-19(34)6-14-23)18-3-11-22(12-4-18)37-24-15-7-20(35)8-16-24/h1-16,34-35H. The van der Waals surface area contributed by atoms with Gasteiger partial charge in [-0.1, -0.05) is 24.3 Å². The summed E-state index contributed by atoms with van der Waals surface area (Å²) in [4.78, 5) is 0. The molecule has 192 valence electrons. The van der Waals surface area contributed by atoms with E-state index in [0.29, 0.717) is 0 Å². The van der Waals surface area contributed by atoms with Crippen molar-refractivity contribution in [2.45, 2.75) is 17.8 Å². The summed E-state index contributed by atoms with van der Waals surface area (Å²) >= 11 is 0. The molecular formula is C27H18F6O4. The molecule has 0 saturated heterocycles. The molecule has 0 spiro atoms. The lowest BCUT2D eigenvalue weighted by Gasteiger charge is -2.38. The Bertz CT molecular complexity index is 1220. The Labute approximate surface area is 207 Å². The summed E-state index contributed by atoms with van der Waals surface area (Å²) < 4.78 is 97.2. The second-order valence-corrected chi connectivity index (χ2v) is 7.99. The summed E-state index contributed by atoms with van der Waals surface area (Å²) in [5, 5.41) is 18.6. The number of rotatable bonds is 6. The summed E-state index contributed by atoms with van der Waals surface area (Å²) in [7, 11) is 0. The first-order valence-corrected chi connectivity index (χ1v) is 10.7. The van der Waals surface area contributed by atoms with Gasteiger partial charge < -0.3 is 19.7 Å². The molecule has 0 atom stereocenters. The Hall–Kier alpha value is -4.34. The number of alkyl halides is 6. The van der Waals surface area contributed by atoms with Gasteiger partial charge in [-0.25, -0.2) is 0 Å². The van der Waals surface area contributed by atoms with E-state index in [1.165, 1.54) is 48.5 Å². The predicted octanol–water partition coefficient (Wildman–Crippen LogP) is 8.09. The molecule has 4 aromatic rings. The number of benzene rings is 4. The van der Waals surface area contributed by atoms with Crippen molar-refractivity contribution in [3.8, 4) is 34.5 Å². The highest BCUT2D eigenvalue weighted by Gasteiger charge is 2.72. The lowest BCUT2D eigenvalue weighted by Crippen LogP contribution is -2.54. The minimum absolute atomic E-state index is 0.00494. The second-order valence-electron chi connectivity index (χ2n) is 7.99. The quantitative estimate of drug-likeness (QED) is 0.252. The van der Waals surface area contributed by atoms with E-state index in [9.17, 15) is 36.6 Å². The van der Waals surface area contributed by atoms with Crippen LogP contribution in [0.25, 0.3) is 0 Å². The van der Waals surface area contributed by atoms with Gasteiger partial charge in [-0.2, -0.15) is 26.3 Å². The molecule has 0 saturated carbocycles. The maximum atomic E-state index is 14.4. The van der Waals surface area contributed by atoms with Gasteiger partial charge in [-0.05, 0) is 83.9 Å². The smallest absolute Gasteiger partial charge is 0.411 e. The van der Waals surface area contributed by atoms with Gasteiger partial charge >= 0.3 is 12.4 Å². The molecule has 4 aromatic carbocycles. The van der Waals surface area contributed by atoms with E-state index in [1.807, 2.05) is 0 Å². The third-order valence-electron chi connectivity index (χ3n) is 5.57. The fraction of sp³-hybridized carbons (Fsp3) is 0.111. The normalized spacial score (nSPS) is 12.3. The maximum Gasteiger partial charge on any atom is 0.411 e. The van der Waals surface area contributed by atoms with Crippen LogP contribution >= 0.6 is 0 Å². The van der Waals surface area contributed by atoms with Crippen molar-refractivity contribution in [1.82, 2.24) is 0 Å². The van der Waals surface area contributed by atoms with Crippen LogP contribution in [0.15, 0.2) is 97.1 Å². The lowest BCUT2D eigenvalue weighted by molar-refractivity contribution is -0.288. The molecule has 0 fully saturated rings. The number of hydrogen-bond donors (Lipinski definition) is 2. The lowest BCUT2D eigenvalue weighted by atomic mass is 9.73. The topological polar surface area (TPSA) is 58.9 Å². The van der Waals surface area contributed by atoms with E-state index in [4.69, 9.17) is 9.47 Å². The van der Waals surface area contributed by atoms with Crippen LogP contribution in [0.5, 0.6) is 34.5 Å². The zero-order valence-corrected chi connectivity index (χ0v) is 18.7. The number of aromatic hydroxyl groups is 2. The summed E-state index contributed by atoms with van der Waals surface area (Å²) in [6, 6.07) is 17.7. The van der Waals surface area contributed by atoms with Crippen LogP contribution in [0.2, 0.25) is 0 Å². The largest absolute Gasteiger partial charge is 0.508 e. The molecular weight excluding hydrogens is 502 g/mol. The SMILES string of the molecule is Oc1ccc(Oc2ccc(C(c3ccc(Oc4ccc(O)cc4)cc3)(C(F)(F)F)C(F)(F)F)cc2)cc1. The molecule has 0 amide bonds. The molecule has 0 heterocycles. The van der Waals surface area contributed by atoms with Crippen LogP contribution in [0.1, 0.15) is 11.1 Å². The molecule has 0 aliphatic carbocycles. The van der Waals surface area contributed by atoms with Crippen molar-refractivity contribution in [2.75, 3.05) is 0 Å². The first-order chi connectivity index (χ1) is 17.4. The number of phenols is 2. The van der Waals surface area contributed by atoms with E-state index in [0.717, 1.165) is 48.5 Å². The van der Waals surface area contributed by atoms with E-state index >= 15 is 0 Å². The maximum absolute atomic E-state index is 14.4. The minimum Gasteiger partial charge on any atom is -0.508 e. The van der Waals surface area contributed by atoms with Gasteiger partial charge in [0.05, 0.1) is 0 Å². The van der Waals surface area contributed by atoms with Gasteiger partial charge in [0.1, 0.15) is 34.5 Å². The average Bonchev–Trinajstić information content (AvgIpc) is 2.83. The fourth-order valence-electron chi connectivity index (χ4n) is 3.83. The van der Waals surface area contributed by atoms with Crippen molar-refractivity contribution >= 4 is 0 Å². The molecule has 0 bridgehead atoms. The Balaban J connectivity index is 1.71. The molecule has 0 unspecified atom stereocenters. The van der Waals surface area contributed by atoms with Crippen molar-refractivity contribution in [2.24, 2.45) is 0 Å². The second kappa shape index (κ2) is 9.61.